The molecule has 1 saturated carbocycles. The van der Waals surface area contributed by atoms with Crippen molar-refractivity contribution >= 4 is 5.96 Å². The van der Waals surface area contributed by atoms with Crippen molar-refractivity contribution in [3.05, 3.63) is 47.8 Å². The Labute approximate surface area is 185 Å². The molecular weight excluding hydrogens is 390 g/mol. The third-order valence-corrected chi connectivity index (χ3v) is 6.32. The first-order chi connectivity index (χ1) is 14.9. The Kier molecular flexibility index (Phi) is 7.59. The maximum Gasteiger partial charge on any atom is 0.191 e. The molecule has 170 valence electrons. The average molecular weight is 428 g/mol. The number of nitrogens with zero attached hydrogens (tertiary/aromatic N) is 3. The maximum atomic E-state index is 10.9. The van der Waals surface area contributed by atoms with Gasteiger partial charge in [0.05, 0.1) is 19.9 Å². The van der Waals surface area contributed by atoms with Crippen LogP contribution in [0.4, 0.5) is 0 Å². The number of hydrogen-bond donors (Lipinski definition) is 3. The fraction of sp³-hybridized carbons (Fsp3) is 0.583. The second kappa shape index (κ2) is 10.2. The summed E-state index contributed by atoms with van der Waals surface area (Å²) in [6.07, 6.45) is 9.58. The van der Waals surface area contributed by atoms with Crippen LogP contribution in [0.15, 0.2) is 41.7 Å². The van der Waals surface area contributed by atoms with Gasteiger partial charge in [0, 0.05) is 37.3 Å². The Balaban J connectivity index is 1.74. The lowest BCUT2D eigenvalue weighted by Crippen LogP contribution is -2.47. The zero-order valence-electron chi connectivity index (χ0n) is 19.3. The highest BCUT2D eigenvalue weighted by Crippen LogP contribution is 2.39. The van der Waals surface area contributed by atoms with Gasteiger partial charge in [-0.15, -0.1) is 0 Å². The molecule has 0 amide bonds. The first-order valence-corrected chi connectivity index (χ1v) is 11.3. The molecule has 0 bridgehead atoms. The van der Waals surface area contributed by atoms with Crippen LogP contribution in [-0.2, 0) is 18.1 Å². The van der Waals surface area contributed by atoms with Gasteiger partial charge in [-0.05, 0) is 44.4 Å². The van der Waals surface area contributed by atoms with E-state index in [0.29, 0.717) is 0 Å². The summed E-state index contributed by atoms with van der Waals surface area (Å²) in [5.74, 6) is 1.61. The molecule has 0 spiro atoms. The Morgan fingerprint density at radius 3 is 2.52 bits per heavy atom. The number of guanidine groups is 1. The minimum absolute atomic E-state index is 0.0760. The van der Waals surface area contributed by atoms with E-state index in [0.717, 1.165) is 43.2 Å². The molecular formula is C24H37N5O2. The number of methoxy groups -OCH3 is 1. The summed E-state index contributed by atoms with van der Waals surface area (Å²) in [6, 6.07) is 8.50. The van der Waals surface area contributed by atoms with Crippen molar-refractivity contribution in [1.82, 2.24) is 20.4 Å². The highest BCUT2D eigenvalue weighted by atomic mass is 16.5. The second-order valence-corrected chi connectivity index (χ2v) is 8.79. The fourth-order valence-corrected chi connectivity index (χ4v) is 4.36. The van der Waals surface area contributed by atoms with Gasteiger partial charge >= 0.3 is 0 Å². The third kappa shape index (κ3) is 5.79. The van der Waals surface area contributed by atoms with Crippen molar-refractivity contribution in [3.63, 3.8) is 0 Å². The van der Waals surface area contributed by atoms with Gasteiger partial charge in [0.1, 0.15) is 11.4 Å². The van der Waals surface area contributed by atoms with Gasteiger partial charge in [-0.2, -0.15) is 5.10 Å². The lowest BCUT2D eigenvalue weighted by Gasteiger charge is -2.38. The summed E-state index contributed by atoms with van der Waals surface area (Å²) < 4.78 is 7.04. The molecule has 1 fully saturated rings. The first-order valence-electron chi connectivity index (χ1n) is 11.3. The van der Waals surface area contributed by atoms with E-state index in [2.05, 4.69) is 46.9 Å². The fourth-order valence-electron chi connectivity index (χ4n) is 4.36. The molecule has 1 unspecified atom stereocenters. The third-order valence-electron chi connectivity index (χ3n) is 6.32. The first kappa shape index (κ1) is 23.1. The van der Waals surface area contributed by atoms with Crippen LogP contribution in [0.2, 0.25) is 0 Å². The molecule has 2 aromatic rings. The van der Waals surface area contributed by atoms with Crippen LogP contribution >= 0.6 is 0 Å². The largest absolute Gasteiger partial charge is 0.497 e. The molecule has 7 nitrogen and oxygen atoms in total. The molecule has 0 saturated heterocycles. The average Bonchev–Trinajstić information content (AvgIpc) is 3.24. The molecule has 3 rings (SSSR count). The van der Waals surface area contributed by atoms with Crippen molar-refractivity contribution in [2.75, 3.05) is 26.7 Å². The summed E-state index contributed by atoms with van der Waals surface area (Å²) in [6.45, 7) is 5.65. The standard InChI is InChI=1S/C24H37N5O2/c1-5-25-22(26-17-23(2,30)20-15-28-29(3)16-20)27-18-24(13-7-6-8-14-24)19-9-11-21(31-4)12-10-19/h9-12,15-16,30H,5-8,13-14,17-18H2,1-4H3,(H2,25,26,27). The molecule has 7 heteroatoms. The number of nitrogens with one attached hydrogen (secondary N) is 2. The monoisotopic (exact) mass is 427 g/mol. The number of aromatic nitrogens is 2. The highest BCUT2D eigenvalue weighted by molar-refractivity contribution is 5.80. The maximum absolute atomic E-state index is 10.9. The van der Waals surface area contributed by atoms with E-state index in [4.69, 9.17) is 9.73 Å². The number of aliphatic hydroxyl groups is 1. The molecule has 0 aliphatic heterocycles. The summed E-state index contributed by atoms with van der Waals surface area (Å²) >= 11 is 0. The van der Waals surface area contributed by atoms with Crippen molar-refractivity contribution in [2.45, 2.75) is 57.0 Å². The normalized spacial score (nSPS) is 18.3. The van der Waals surface area contributed by atoms with Crippen LogP contribution in [0.1, 0.15) is 57.1 Å². The number of hydrogen-bond acceptors (Lipinski definition) is 4. The van der Waals surface area contributed by atoms with Gasteiger partial charge in [-0.25, -0.2) is 4.99 Å². The van der Waals surface area contributed by atoms with Crippen molar-refractivity contribution in [3.8, 4) is 5.75 Å². The summed E-state index contributed by atoms with van der Waals surface area (Å²) in [5.41, 5.74) is 1.11. The molecule has 1 aliphatic carbocycles. The predicted molar refractivity (Wildman–Crippen MR) is 125 cm³/mol. The Morgan fingerprint density at radius 2 is 1.94 bits per heavy atom. The van der Waals surface area contributed by atoms with Crippen LogP contribution < -0.4 is 15.4 Å². The lowest BCUT2D eigenvalue weighted by molar-refractivity contribution is 0.0671. The number of rotatable bonds is 8. The van der Waals surface area contributed by atoms with Gasteiger partial charge in [0.2, 0.25) is 0 Å². The molecule has 31 heavy (non-hydrogen) atoms. The van der Waals surface area contributed by atoms with E-state index in [1.165, 1.54) is 24.8 Å². The Bertz CT molecular complexity index is 851. The minimum Gasteiger partial charge on any atom is -0.497 e. The molecule has 1 heterocycles. The van der Waals surface area contributed by atoms with Gasteiger partial charge < -0.3 is 20.5 Å². The number of aryl methyl sites for hydroxylation is 1. The van der Waals surface area contributed by atoms with Crippen molar-refractivity contribution in [1.29, 1.82) is 0 Å². The van der Waals surface area contributed by atoms with Gasteiger partial charge in [-0.3, -0.25) is 4.68 Å². The zero-order chi connectivity index (χ0) is 22.3. The minimum atomic E-state index is -1.07. The van der Waals surface area contributed by atoms with E-state index >= 15 is 0 Å². The molecule has 1 atom stereocenters. The van der Waals surface area contributed by atoms with Crippen LogP contribution in [-0.4, -0.2) is 47.6 Å². The van der Waals surface area contributed by atoms with Crippen LogP contribution in [0, 0.1) is 0 Å². The van der Waals surface area contributed by atoms with Crippen molar-refractivity contribution in [2.24, 2.45) is 12.0 Å². The summed E-state index contributed by atoms with van der Waals surface area (Å²) in [7, 11) is 3.55. The number of benzene rings is 1. The molecule has 3 N–H and O–H groups in total. The van der Waals surface area contributed by atoms with Crippen molar-refractivity contribution < 1.29 is 9.84 Å². The van der Waals surface area contributed by atoms with Gasteiger partial charge in [0.25, 0.3) is 0 Å². The second-order valence-electron chi connectivity index (χ2n) is 8.79. The Morgan fingerprint density at radius 1 is 1.23 bits per heavy atom. The SMILES string of the molecule is CCNC(=NCC(C)(O)c1cnn(C)c1)NCC1(c2ccc(OC)cc2)CCCCC1. The predicted octanol–water partition coefficient (Wildman–Crippen LogP) is 3.09. The summed E-state index contributed by atoms with van der Waals surface area (Å²) in [4.78, 5) is 4.69. The summed E-state index contributed by atoms with van der Waals surface area (Å²) in [5, 5.41) is 21.9. The van der Waals surface area contributed by atoms with E-state index in [1.54, 1.807) is 24.9 Å². The number of ether oxygens (including phenoxy) is 1. The topological polar surface area (TPSA) is 83.7 Å². The van der Waals surface area contributed by atoms with Gasteiger partial charge in [-0.1, -0.05) is 31.4 Å². The number of aliphatic imine (C=N–C) groups is 1. The van der Waals surface area contributed by atoms with E-state index in [1.807, 2.05) is 13.2 Å². The zero-order valence-corrected chi connectivity index (χ0v) is 19.3. The van der Waals surface area contributed by atoms with E-state index in [9.17, 15) is 5.11 Å². The Hall–Kier alpha value is -2.54. The molecule has 0 radical (unpaired) electrons. The quantitative estimate of drug-likeness (QED) is 0.445. The van der Waals surface area contributed by atoms with E-state index < -0.39 is 5.60 Å². The molecule has 1 aliphatic rings. The highest BCUT2D eigenvalue weighted by Gasteiger charge is 2.34. The van der Waals surface area contributed by atoms with Crippen LogP contribution in [0.25, 0.3) is 0 Å². The van der Waals surface area contributed by atoms with Crippen LogP contribution in [0.3, 0.4) is 0 Å². The van der Waals surface area contributed by atoms with E-state index in [-0.39, 0.29) is 12.0 Å². The molecule has 1 aromatic carbocycles. The van der Waals surface area contributed by atoms with Gasteiger partial charge in [0.15, 0.2) is 5.96 Å². The smallest absolute Gasteiger partial charge is 0.191 e. The lowest BCUT2D eigenvalue weighted by atomic mass is 9.69. The van der Waals surface area contributed by atoms with Crippen LogP contribution in [0.5, 0.6) is 5.75 Å². The molecule has 1 aromatic heterocycles.